The third-order valence-electron chi connectivity index (χ3n) is 5.86. The summed E-state index contributed by atoms with van der Waals surface area (Å²) in [7, 11) is -1.23. The van der Waals surface area contributed by atoms with Crippen molar-refractivity contribution < 1.29 is 17.8 Å². The first-order valence-corrected chi connectivity index (χ1v) is 11.1. The highest BCUT2D eigenvalue weighted by Gasteiger charge is 2.54. The van der Waals surface area contributed by atoms with Crippen LogP contribution in [0.1, 0.15) is 48.0 Å². The number of benzene rings is 1. The molecule has 2 aliphatic carbocycles. The molecule has 1 N–H and O–H groups in total. The van der Waals surface area contributed by atoms with E-state index in [1.165, 1.54) is 6.26 Å². The molecule has 28 heavy (non-hydrogen) atoms. The summed E-state index contributed by atoms with van der Waals surface area (Å²) in [5.74, 6) is 1.08. The standard InChI is InChI=1S/C20H19ClN2O4S/c1-28(25)17-5-4-16(26-17)18(24)22-13-9-20(10-13)7-11(8-20)19-23-14-6-12(21)2-3-15(14)27-19/h2-6,11,13H,7-10H2,1H3,(H,22,24). The number of halogens is 1. The fourth-order valence-electron chi connectivity index (χ4n) is 4.53. The molecule has 1 atom stereocenters. The average Bonchev–Trinajstić information content (AvgIpc) is 3.21. The van der Waals surface area contributed by atoms with Crippen LogP contribution in [0.15, 0.2) is 44.3 Å². The Morgan fingerprint density at radius 2 is 2.00 bits per heavy atom. The van der Waals surface area contributed by atoms with Crippen LogP contribution in [0.4, 0.5) is 0 Å². The second-order valence-corrected chi connectivity index (χ2v) is 9.67. The van der Waals surface area contributed by atoms with E-state index in [1.54, 1.807) is 18.2 Å². The fraction of sp³-hybridized carbons (Fsp3) is 0.400. The summed E-state index contributed by atoms with van der Waals surface area (Å²) in [5.41, 5.74) is 1.85. The number of hydrogen-bond acceptors (Lipinski definition) is 5. The molecule has 1 spiro atoms. The van der Waals surface area contributed by atoms with Crippen molar-refractivity contribution in [2.24, 2.45) is 5.41 Å². The molecule has 2 aromatic heterocycles. The van der Waals surface area contributed by atoms with Gasteiger partial charge < -0.3 is 14.2 Å². The molecule has 0 saturated heterocycles. The Kier molecular flexibility index (Phi) is 4.14. The van der Waals surface area contributed by atoms with E-state index in [-0.39, 0.29) is 23.1 Å². The number of nitrogens with zero attached hydrogens (tertiary/aromatic N) is 1. The van der Waals surface area contributed by atoms with Crippen LogP contribution < -0.4 is 5.32 Å². The number of aromatic nitrogens is 1. The van der Waals surface area contributed by atoms with Gasteiger partial charge in [-0.05, 0) is 61.4 Å². The van der Waals surface area contributed by atoms with Crippen molar-refractivity contribution in [3.63, 3.8) is 0 Å². The van der Waals surface area contributed by atoms with Crippen LogP contribution in [0, 0.1) is 5.41 Å². The number of carbonyl (C=O) groups is 1. The number of nitrogens with one attached hydrogen (secondary N) is 1. The molecule has 0 radical (unpaired) electrons. The van der Waals surface area contributed by atoms with Crippen molar-refractivity contribution in [3.05, 3.63) is 47.0 Å². The molecule has 2 heterocycles. The first-order valence-electron chi connectivity index (χ1n) is 9.21. The van der Waals surface area contributed by atoms with Gasteiger partial charge in [-0.25, -0.2) is 4.98 Å². The number of hydrogen-bond donors (Lipinski definition) is 1. The molecular weight excluding hydrogens is 400 g/mol. The van der Waals surface area contributed by atoms with Gasteiger partial charge in [-0.3, -0.25) is 9.00 Å². The number of amides is 1. The lowest BCUT2D eigenvalue weighted by molar-refractivity contribution is -0.0256. The number of oxazole rings is 1. The molecule has 146 valence electrons. The lowest BCUT2D eigenvalue weighted by Gasteiger charge is -2.57. The maximum absolute atomic E-state index is 12.3. The zero-order valence-electron chi connectivity index (χ0n) is 15.2. The van der Waals surface area contributed by atoms with Gasteiger partial charge in [-0.15, -0.1) is 0 Å². The topological polar surface area (TPSA) is 85.3 Å². The van der Waals surface area contributed by atoms with E-state index in [1.807, 2.05) is 12.1 Å². The molecule has 2 fully saturated rings. The summed E-state index contributed by atoms with van der Waals surface area (Å²) in [4.78, 5) is 16.9. The van der Waals surface area contributed by atoms with Crippen LogP contribution in [0.3, 0.4) is 0 Å². The molecule has 0 bridgehead atoms. The molecule has 1 aromatic carbocycles. The van der Waals surface area contributed by atoms with E-state index in [0.29, 0.717) is 16.0 Å². The Hall–Kier alpha value is -2.12. The van der Waals surface area contributed by atoms with Crippen molar-refractivity contribution in [1.82, 2.24) is 10.3 Å². The first kappa shape index (κ1) is 17.9. The van der Waals surface area contributed by atoms with Crippen molar-refractivity contribution in [2.45, 2.75) is 42.7 Å². The van der Waals surface area contributed by atoms with Crippen molar-refractivity contribution in [3.8, 4) is 0 Å². The number of furan rings is 1. The van der Waals surface area contributed by atoms with Crippen LogP contribution in [0.5, 0.6) is 0 Å². The third kappa shape index (κ3) is 3.06. The van der Waals surface area contributed by atoms with Gasteiger partial charge in [0, 0.05) is 23.2 Å². The molecule has 5 rings (SSSR count). The summed E-state index contributed by atoms with van der Waals surface area (Å²) < 4.78 is 22.6. The van der Waals surface area contributed by atoms with Gasteiger partial charge in [0.1, 0.15) is 5.52 Å². The molecular formula is C20H19ClN2O4S. The van der Waals surface area contributed by atoms with Gasteiger partial charge in [0.25, 0.3) is 5.91 Å². The molecule has 2 saturated carbocycles. The van der Waals surface area contributed by atoms with Crippen LogP contribution >= 0.6 is 11.6 Å². The van der Waals surface area contributed by atoms with Gasteiger partial charge in [0.05, 0.1) is 10.8 Å². The van der Waals surface area contributed by atoms with Gasteiger partial charge in [-0.2, -0.15) is 0 Å². The van der Waals surface area contributed by atoms with Gasteiger partial charge in [0.15, 0.2) is 22.3 Å². The molecule has 1 unspecified atom stereocenters. The monoisotopic (exact) mass is 418 g/mol. The minimum atomic E-state index is -1.23. The van der Waals surface area contributed by atoms with E-state index >= 15 is 0 Å². The first-order chi connectivity index (χ1) is 13.4. The summed E-state index contributed by atoms with van der Waals surface area (Å²) in [5, 5.41) is 3.98. The second-order valence-electron chi connectivity index (χ2n) is 7.92. The van der Waals surface area contributed by atoms with Crippen molar-refractivity contribution in [2.75, 3.05) is 6.26 Å². The molecule has 1 amide bonds. The fourth-order valence-corrected chi connectivity index (χ4v) is 5.16. The largest absolute Gasteiger partial charge is 0.442 e. The Morgan fingerprint density at radius 3 is 2.71 bits per heavy atom. The predicted molar refractivity (Wildman–Crippen MR) is 105 cm³/mol. The highest BCUT2D eigenvalue weighted by atomic mass is 35.5. The Balaban J connectivity index is 1.16. The van der Waals surface area contributed by atoms with E-state index in [0.717, 1.165) is 42.7 Å². The van der Waals surface area contributed by atoms with Crippen LogP contribution in [0.25, 0.3) is 11.1 Å². The maximum Gasteiger partial charge on any atom is 0.287 e. The Bertz CT molecular complexity index is 1090. The maximum atomic E-state index is 12.3. The number of rotatable bonds is 4. The second kappa shape index (κ2) is 6.46. The average molecular weight is 419 g/mol. The number of fused-ring (bicyclic) bond motifs is 1. The summed E-state index contributed by atoms with van der Waals surface area (Å²) >= 11 is 6.01. The third-order valence-corrected chi connectivity index (χ3v) is 6.88. The van der Waals surface area contributed by atoms with Crippen LogP contribution in [-0.4, -0.2) is 27.4 Å². The van der Waals surface area contributed by atoms with Crippen LogP contribution in [-0.2, 0) is 10.8 Å². The lowest BCUT2D eigenvalue weighted by atomic mass is 9.50. The lowest BCUT2D eigenvalue weighted by Crippen LogP contribution is -2.55. The zero-order valence-corrected chi connectivity index (χ0v) is 16.8. The quantitative estimate of drug-likeness (QED) is 0.683. The van der Waals surface area contributed by atoms with Crippen molar-refractivity contribution in [1.29, 1.82) is 0 Å². The van der Waals surface area contributed by atoms with Crippen LogP contribution in [0.2, 0.25) is 5.02 Å². The van der Waals surface area contributed by atoms with E-state index in [4.69, 9.17) is 20.4 Å². The zero-order chi connectivity index (χ0) is 19.5. The van der Waals surface area contributed by atoms with Gasteiger partial charge >= 0.3 is 0 Å². The summed E-state index contributed by atoms with van der Waals surface area (Å²) in [6.45, 7) is 0. The Morgan fingerprint density at radius 1 is 1.21 bits per heavy atom. The van der Waals surface area contributed by atoms with Gasteiger partial charge in [0.2, 0.25) is 0 Å². The molecule has 6 nitrogen and oxygen atoms in total. The van der Waals surface area contributed by atoms with E-state index in [2.05, 4.69) is 10.3 Å². The molecule has 8 heteroatoms. The van der Waals surface area contributed by atoms with Gasteiger partial charge in [-0.1, -0.05) is 11.6 Å². The highest BCUT2D eigenvalue weighted by molar-refractivity contribution is 7.84. The Labute approximate surface area is 169 Å². The molecule has 2 aliphatic rings. The smallest absolute Gasteiger partial charge is 0.287 e. The summed E-state index contributed by atoms with van der Waals surface area (Å²) in [6.07, 6.45) is 5.48. The predicted octanol–water partition coefficient (Wildman–Crippen LogP) is 4.27. The van der Waals surface area contributed by atoms with E-state index < -0.39 is 10.8 Å². The normalized spacial score (nSPS) is 27.4. The highest BCUT2D eigenvalue weighted by Crippen LogP contribution is 2.61. The SMILES string of the molecule is CS(=O)c1ccc(C(=O)NC2CC3(C2)CC(c2nc4cc(Cl)ccc4o2)C3)o1. The molecule has 3 aromatic rings. The minimum absolute atomic E-state index is 0.150. The summed E-state index contributed by atoms with van der Waals surface area (Å²) in [6, 6.07) is 8.78. The van der Waals surface area contributed by atoms with Crippen molar-refractivity contribution >= 4 is 39.4 Å². The number of carbonyl (C=O) groups excluding carboxylic acids is 1. The molecule has 0 aliphatic heterocycles. The van der Waals surface area contributed by atoms with E-state index in [9.17, 15) is 9.00 Å². The minimum Gasteiger partial charge on any atom is -0.442 e.